The van der Waals surface area contributed by atoms with Gasteiger partial charge in [0, 0.05) is 43.7 Å². The molecule has 2 aliphatic heterocycles. The second-order valence-corrected chi connectivity index (χ2v) is 9.99. The van der Waals surface area contributed by atoms with E-state index in [0.29, 0.717) is 37.1 Å². The topological polar surface area (TPSA) is 73.8 Å². The van der Waals surface area contributed by atoms with Gasteiger partial charge in [0.25, 0.3) is 12.3 Å². The molecule has 3 amide bonds. The van der Waals surface area contributed by atoms with Gasteiger partial charge >= 0.3 is 0 Å². The third kappa shape index (κ3) is 3.75. The maximum Gasteiger partial charge on any atom is 0.263 e. The molecular weight excluding hydrogens is 461 g/mol. The van der Waals surface area contributed by atoms with E-state index in [2.05, 4.69) is 4.98 Å². The molecule has 35 heavy (non-hydrogen) atoms. The summed E-state index contributed by atoms with van der Waals surface area (Å²) < 4.78 is 40.7. The highest BCUT2D eigenvalue weighted by molar-refractivity contribution is 6.09. The minimum absolute atomic E-state index is 0.0499. The zero-order valence-corrected chi connectivity index (χ0v) is 19.4. The molecule has 1 aromatic heterocycles. The van der Waals surface area contributed by atoms with Crippen LogP contribution in [-0.2, 0) is 20.9 Å². The SMILES string of the molecule is CC(=O)N1CC2(C1)CC1(C2)C(=O)N(c2ncc(C)cc2F)CC(=O)N1Cc1ccc(C(F)F)cc1. The van der Waals surface area contributed by atoms with Crippen molar-refractivity contribution in [3.63, 3.8) is 0 Å². The molecule has 0 bridgehead atoms. The first-order chi connectivity index (χ1) is 16.5. The average Bonchev–Trinajstić information content (AvgIpc) is 2.74. The molecule has 3 heterocycles. The first-order valence-corrected chi connectivity index (χ1v) is 11.4. The van der Waals surface area contributed by atoms with Crippen LogP contribution in [0, 0.1) is 18.2 Å². The Morgan fingerprint density at radius 3 is 2.37 bits per heavy atom. The maximum atomic E-state index is 14.7. The number of pyridine rings is 1. The van der Waals surface area contributed by atoms with Crippen molar-refractivity contribution >= 4 is 23.5 Å². The van der Waals surface area contributed by atoms with Crippen LogP contribution >= 0.6 is 0 Å². The van der Waals surface area contributed by atoms with Crippen molar-refractivity contribution in [1.29, 1.82) is 0 Å². The quantitative estimate of drug-likeness (QED) is 0.665. The number of amides is 3. The van der Waals surface area contributed by atoms with E-state index in [0.717, 1.165) is 4.90 Å². The Balaban J connectivity index is 1.46. The van der Waals surface area contributed by atoms with E-state index in [-0.39, 0.29) is 41.7 Å². The van der Waals surface area contributed by atoms with E-state index in [1.54, 1.807) is 11.8 Å². The fourth-order valence-electron chi connectivity index (χ4n) is 5.73. The van der Waals surface area contributed by atoms with Crippen molar-refractivity contribution in [3.05, 3.63) is 59.0 Å². The predicted molar refractivity (Wildman–Crippen MR) is 120 cm³/mol. The third-order valence-electron chi connectivity index (χ3n) is 7.37. The lowest BCUT2D eigenvalue weighted by Crippen LogP contribution is -2.80. The number of piperazine rings is 1. The summed E-state index contributed by atoms with van der Waals surface area (Å²) in [6, 6.07) is 6.92. The molecular formula is C25H25F3N4O3. The number of halogens is 3. The Labute approximate surface area is 200 Å². The number of rotatable bonds is 4. The van der Waals surface area contributed by atoms with Crippen LogP contribution in [0.2, 0.25) is 0 Å². The summed E-state index contributed by atoms with van der Waals surface area (Å²) in [4.78, 5) is 47.3. The van der Waals surface area contributed by atoms with Crippen molar-refractivity contribution in [2.45, 2.75) is 45.2 Å². The predicted octanol–water partition coefficient (Wildman–Crippen LogP) is 3.22. The highest BCUT2D eigenvalue weighted by Gasteiger charge is 2.69. The van der Waals surface area contributed by atoms with Crippen molar-refractivity contribution in [3.8, 4) is 0 Å². The van der Waals surface area contributed by atoms with Crippen molar-refractivity contribution in [2.24, 2.45) is 5.41 Å². The van der Waals surface area contributed by atoms with Gasteiger partial charge in [-0.05, 0) is 37.0 Å². The number of alkyl halides is 2. The van der Waals surface area contributed by atoms with Gasteiger partial charge < -0.3 is 9.80 Å². The Kier molecular flexibility index (Phi) is 5.37. The van der Waals surface area contributed by atoms with Crippen molar-refractivity contribution in [1.82, 2.24) is 14.8 Å². The highest BCUT2D eigenvalue weighted by atomic mass is 19.3. The van der Waals surface area contributed by atoms with Gasteiger partial charge in [0.15, 0.2) is 11.6 Å². The minimum atomic E-state index is -2.60. The zero-order chi connectivity index (χ0) is 25.1. The molecule has 3 fully saturated rings. The number of likely N-dealkylation sites (tertiary alicyclic amines) is 1. The van der Waals surface area contributed by atoms with E-state index >= 15 is 0 Å². The molecule has 184 valence electrons. The number of hydrogen-bond donors (Lipinski definition) is 0. The molecule has 1 saturated carbocycles. The molecule has 10 heteroatoms. The second kappa shape index (κ2) is 8.07. The smallest absolute Gasteiger partial charge is 0.263 e. The first-order valence-electron chi connectivity index (χ1n) is 11.4. The zero-order valence-electron chi connectivity index (χ0n) is 19.4. The van der Waals surface area contributed by atoms with Crippen LogP contribution in [0.25, 0.3) is 0 Å². The van der Waals surface area contributed by atoms with E-state index in [1.807, 2.05) is 0 Å². The standard InChI is InChI=1S/C25H25F3N4O3/c1-15-7-19(26)22(29-8-15)31-10-20(34)32(9-17-3-5-18(6-4-17)21(27)28)25(23(31)35)11-24(12-25)13-30(14-24)16(2)33/h3-8,21H,9-14H2,1-2H3. The number of hydrogen-bond acceptors (Lipinski definition) is 4. The van der Waals surface area contributed by atoms with E-state index < -0.39 is 23.7 Å². The van der Waals surface area contributed by atoms with Gasteiger partial charge in [0.2, 0.25) is 11.8 Å². The fraction of sp³-hybridized carbons (Fsp3) is 0.440. The molecule has 0 unspecified atom stereocenters. The van der Waals surface area contributed by atoms with Gasteiger partial charge in [-0.2, -0.15) is 0 Å². The van der Waals surface area contributed by atoms with Gasteiger partial charge in [-0.25, -0.2) is 18.2 Å². The minimum Gasteiger partial charge on any atom is -0.342 e. The lowest BCUT2D eigenvalue weighted by Gasteiger charge is -2.67. The van der Waals surface area contributed by atoms with Crippen LogP contribution < -0.4 is 4.90 Å². The first kappa shape index (κ1) is 23.3. The van der Waals surface area contributed by atoms with Gasteiger partial charge in [-0.1, -0.05) is 24.3 Å². The van der Waals surface area contributed by atoms with Crippen molar-refractivity contribution < 1.29 is 27.6 Å². The van der Waals surface area contributed by atoms with Gasteiger partial charge in [0.05, 0.1) is 0 Å². The molecule has 5 rings (SSSR count). The summed E-state index contributed by atoms with van der Waals surface area (Å²) >= 11 is 0. The van der Waals surface area contributed by atoms with Crippen LogP contribution in [0.3, 0.4) is 0 Å². The molecule has 3 aliphatic rings. The molecule has 0 radical (unpaired) electrons. The van der Waals surface area contributed by atoms with Crippen LogP contribution in [-0.4, -0.2) is 57.7 Å². The van der Waals surface area contributed by atoms with Crippen LogP contribution in [0.4, 0.5) is 19.0 Å². The molecule has 1 aromatic carbocycles. The third-order valence-corrected chi connectivity index (χ3v) is 7.37. The maximum absolute atomic E-state index is 14.7. The number of aromatic nitrogens is 1. The van der Waals surface area contributed by atoms with Gasteiger partial charge in [0.1, 0.15) is 12.1 Å². The highest BCUT2D eigenvalue weighted by Crippen LogP contribution is 2.58. The Bertz CT molecular complexity index is 1200. The van der Waals surface area contributed by atoms with Crippen molar-refractivity contribution in [2.75, 3.05) is 24.5 Å². The summed E-state index contributed by atoms with van der Waals surface area (Å²) in [5, 5.41) is 0. The monoisotopic (exact) mass is 486 g/mol. The molecule has 2 spiro atoms. The molecule has 1 aliphatic carbocycles. The van der Waals surface area contributed by atoms with Crippen LogP contribution in [0.5, 0.6) is 0 Å². The molecule has 2 saturated heterocycles. The van der Waals surface area contributed by atoms with E-state index in [9.17, 15) is 27.6 Å². The molecule has 0 N–H and O–H groups in total. The lowest BCUT2D eigenvalue weighted by molar-refractivity contribution is -0.191. The number of anilines is 1. The summed E-state index contributed by atoms with van der Waals surface area (Å²) in [5.74, 6) is -1.71. The average molecular weight is 486 g/mol. The number of nitrogens with zero attached hydrogens (tertiary/aromatic N) is 4. The Morgan fingerprint density at radius 1 is 1.14 bits per heavy atom. The van der Waals surface area contributed by atoms with Gasteiger partial charge in [-0.3, -0.25) is 19.3 Å². The summed E-state index contributed by atoms with van der Waals surface area (Å²) in [7, 11) is 0. The number of benzene rings is 1. The lowest BCUT2D eigenvalue weighted by atomic mass is 9.52. The second-order valence-electron chi connectivity index (χ2n) is 9.99. The Morgan fingerprint density at radius 2 is 1.80 bits per heavy atom. The molecule has 7 nitrogen and oxygen atoms in total. The number of carbonyl (C=O) groups is 3. The largest absolute Gasteiger partial charge is 0.342 e. The van der Waals surface area contributed by atoms with Crippen LogP contribution in [0.1, 0.15) is 42.9 Å². The number of aryl methyl sites for hydroxylation is 1. The normalized spacial score (nSPS) is 20.5. The van der Waals surface area contributed by atoms with Gasteiger partial charge in [-0.15, -0.1) is 0 Å². The van der Waals surface area contributed by atoms with E-state index in [4.69, 9.17) is 0 Å². The summed E-state index contributed by atoms with van der Waals surface area (Å²) in [6.07, 6.45) is -0.479. The van der Waals surface area contributed by atoms with Crippen LogP contribution in [0.15, 0.2) is 36.5 Å². The fourth-order valence-corrected chi connectivity index (χ4v) is 5.73. The van der Waals surface area contributed by atoms with E-state index in [1.165, 1.54) is 48.4 Å². The summed E-state index contributed by atoms with van der Waals surface area (Å²) in [6.45, 7) is 3.87. The summed E-state index contributed by atoms with van der Waals surface area (Å²) in [5.41, 5.74) is -0.409. The molecule has 2 aromatic rings. The Hall–Kier alpha value is -3.43. The number of carbonyl (C=O) groups excluding carboxylic acids is 3. The molecule has 0 atom stereocenters.